The molecule has 9 heteroatoms. The molecule has 1 aliphatic carbocycles. The van der Waals surface area contributed by atoms with Crippen molar-refractivity contribution in [2.45, 2.75) is 80.1 Å². The van der Waals surface area contributed by atoms with Gasteiger partial charge in [0.25, 0.3) is 0 Å². The van der Waals surface area contributed by atoms with Gasteiger partial charge in [0.15, 0.2) is 0 Å². The monoisotopic (exact) mass is 588 g/mol. The van der Waals surface area contributed by atoms with Gasteiger partial charge in [-0.15, -0.1) is 6.58 Å². The number of hydrogen-bond donors (Lipinski definition) is 1. The van der Waals surface area contributed by atoms with Gasteiger partial charge < -0.3 is 24.4 Å². The molecule has 3 heterocycles. The quantitative estimate of drug-likeness (QED) is 0.270. The molecule has 206 valence electrons. The first kappa shape index (κ1) is 27.3. The molecular formula is C29H37BrN2O6. The fourth-order valence-corrected chi connectivity index (χ4v) is 8.27. The van der Waals surface area contributed by atoms with Crippen molar-refractivity contribution < 1.29 is 29.0 Å². The Labute approximate surface area is 232 Å². The van der Waals surface area contributed by atoms with E-state index in [2.05, 4.69) is 22.5 Å². The molecule has 5 rings (SSSR count). The van der Waals surface area contributed by atoms with E-state index in [1.807, 2.05) is 35.2 Å². The number of esters is 1. The van der Waals surface area contributed by atoms with E-state index in [0.717, 1.165) is 37.7 Å². The van der Waals surface area contributed by atoms with Gasteiger partial charge >= 0.3 is 5.97 Å². The number of alkyl halides is 1. The summed E-state index contributed by atoms with van der Waals surface area (Å²) in [6.45, 7) is 5.82. The van der Waals surface area contributed by atoms with Crippen molar-refractivity contribution in [3.8, 4) is 0 Å². The molecule has 0 aromatic heterocycles. The Bertz CT molecular complexity index is 1060. The number of halogens is 1. The topological polar surface area (TPSA) is 96.4 Å². The number of carbonyl (C=O) groups is 3. The first-order chi connectivity index (χ1) is 18.4. The maximum atomic E-state index is 14.7. The molecule has 38 heavy (non-hydrogen) atoms. The Kier molecular flexibility index (Phi) is 7.99. The minimum Gasteiger partial charge on any atom is -0.466 e. The van der Waals surface area contributed by atoms with Crippen molar-refractivity contribution in [1.29, 1.82) is 0 Å². The van der Waals surface area contributed by atoms with Crippen LogP contribution >= 0.6 is 15.9 Å². The summed E-state index contributed by atoms with van der Waals surface area (Å²) in [5.74, 6) is -2.70. The third-order valence-corrected chi connectivity index (χ3v) is 9.68. The largest absolute Gasteiger partial charge is 0.466 e. The van der Waals surface area contributed by atoms with E-state index in [1.54, 1.807) is 13.0 Å². The van der Waals surface area contributed by atoms with Gasteiger partial charge in [0.1, 0.15) is 11.6 Å². The number of fused-ring (bicyclic) bond motifs is 1. The lowest BCUT2D eigenvalue weighted by Crippen LogP contribution is -2.59. The molecule has 1 N–H and O–H groups in total. The molecule has 2 bridgehead atoms. The van der Waals surface area contributed by atoms with E-state index in [-0.39, 0.29) is 35.9 Å². The van der Waals surface area contributed by atoms with Crippen LogP contribution in [0.2, 0.25) is 0 Å². The van der Waals surface area contributed by atoms with Crippen molar-refractivity contribution in [2.75, 3.05) is 19.8 Å². The Morgan fingerprint density at radius 1 is 1.29 bits per heavy atom. The second kappa shape index (κ2) is 11.1. The lowest BCUT2D eigenvalue weighted by molar-refractivity contribution is -0.156. The van der Waals surface area contributed by atoms with Gasteiger partial charge in [0.05, 0.1) is 37.2 Å². The van der Waals surface area contributed by atoms with E-state index in [0.29, 0.717) is 13.0 Å². The number of ether oxygens (including phenoxy) is 2. The molecule has 1 saturated carbocycles. The highest BCUT2D eigenvalue weighted by molar-refractivity contribution is 9.09. The van der Waals surface area contributed by atoms with Crippen molar-refractivity contribution in [3.63, 3.8) is 0 Å². The fraction of sp³-hybridized carbons (Fsp3) is 0.621. The number of benzene rings is 1. The van der Waals surface area contributed by atoms with Crippen LogP contribution in [0.1, 0.15) is 57.1 Å². The number of hydrogen-bond acceptors (Lipinski definition) is 6. The molecular weight excluding hydrogens is 552 g/mol. The number of aliphatic hydroxyl groups excluding tert-OH is 1. The number of likely N-dealkylation sites (tertiary alicyclic amines) is 1. The SMILES string of the molecule is C=CCN(C(=O)[C@@H]1N([C@H](CO)c2ccccc2)C(=O)[C@H]2[C@H](C(=O)OCC)[C@H]3O[C@@]12CC3Br)C1CCCCC1. The molecule has 1 unspecified atom stereocenters. The van der Waals surface area contributed by atoms with Gasteiger partial charge in [0.2, 0.25) is 11.8 Å². The normalized spacial score (nSPS) is 33.2. The fourth-order valence-electron chi connectivity index (χ4n) is 7.33. The van der Waals surface area contributed by atoms with Crippen molar-refractivity contribution in [3.05, 3.63) is 48.6 Å². The average Bonchev–Trinajstić information content (AvgIpc) is 3.52. The molecule has 0 radical (unpaired) electrons. The highest BCUT2D eigenvalue weighted by Gasteiger charge is 2.77. The zero-order valence-corrected chi connectivity index (χ0v) is 23.4. The van der Waals surface area contributed by atoms with E-state index >= 15 is 0 Å². The molecule has 2 amide bonds. The minimum atomic E-state index is -1.19. The van der Waals surface area contributed by atoms with Gasteiger partial charge in [-0.3, -0.25) is 14.4 Å². The summed E-state index contributed by atoms with van der Waals surface area (Å²) in [4.78, 5) is 45.4. The third-order valence-electron chi connectivity index (χ3n) is 8.84. The van der Waals surface area contributed by atoms with Crippen molar-refractivity contribution in [2.24, 2.45) is 11.8 Å². The Balaban J connectivity index is 1.62. The summed E-state index contributed by atoms with van der Waals surface area (Å²) in [6.07, 6.45) is 6.61. The lowest BCUT2D eigenvalue weighted by atomic mass is 9.70. The predicted octanol–water partition coefficient (Wildman–Crippen LogP) is 3.38. The zero-order valence-electron chi connectivity index (χ0n) is 21.8. The van der Waals surface area contributed by atoms with Crippen molar-refractivity contribution in [1.82, 2.24) is 9.80 Å². The maximum absolute atomic E-state index is 14.7. The van der Waals surface area contributed by atoms with E-state index in [1.165, 1.54) is 4.90 Å². The average molecular weight is 590 g/mol. The van der Waals surface area contributed by atoms with Crippen LogP contribution in [0.25, 0.3) is 0 Å². The minimum absolute atomic E-state index is 0.0465. The van der Waals surface area contributed by atoms with Crippen LogP contribution in [0.15, 0.2) is 43.0 Å². The van der Waals surface area contributed by atoms with Crippen LogP contribution in [-0.2, 0) is 23.9 Å². The second-order valence-electron chi connectivity index (χ2n) is 10.8. The highest BCUT2D eigenvalue weighted by Crippen LogP contribution is 2.61. The van der Waals surface area contributed by atoms with Gasteiger partial charge in [0, 0.05) is 17.4 Å². The number of rotatable bonds is 9. The lowest BCUT2D eigenvalue weighted by Gasteiger charge is -2.42. The highest BCUT2D eigenvalue weighted by atomic mass is 79.9. The molecule has 8 nitrogen and oxygen atoms in total. The molecule has 4 fully saturated rings. The van der Waals surface area contributed by atoms with Gasteiger partial charge in [-0.1, -0.05) is 71.6 Å². The molecule has 1 aromatic rings. The van der Waals surface area contributed by atoms with Gasteiger partial charge in [-0.05, 0) is 31.7 Å². The summed E-state index contributed by atoms with van der Waals surface area (Å²) in [5.41, 5.74) is -0.469. The molecule has 3 aliphatic heterocycles. The molecule has 1 spiro atoms. The third kappa shape index (κ3) is 4.31. The van der Waals surface area contributed by atoms with Crippen LogP contribution in [0.3, 0.4) is 0 Å². The van der Waals surface area contributed by atoms with Crippen LogP contribution < -0.4 is 0 Å². The standard InChI is InChI=1S/C29H37BrN2O6/c1-3-15-31(19-13-9-6-10-14-19)27(35)25-29-16-20(30)24(38-29)22(28(36)37-4-2)23(29)26(34)32(25)21(17-33)18-11-7-5-8-12-18/h3,5,7-8,11-12,19-25,33H,1,4,6,9-10,13-17H2,2H3/t20?,21-,22+,23-,24+,25+,29-/m1/s1. The summed E-state index contributed by atoms with van der Waals surface area (Å²) < 4.78 is 12.0. The number of aliphatic hydroxyl groups is 1. The van der Waals surface area contributed by atoms with Crippen LogP contribution in [-0.4, -0.2) is 81.1 Å². The Morgan fingerprint density at radius 3 is 2.63 bits per heavy atom. The van der Waals surface area contributed by atoms with Gasteiger partial charge in [-0.2, -0.15) is 0 Å². The van der Waals surface area contributed by atoms with Crippen LogP contribution in [0.5, 0.6) is 0 Å². The number of carbonyl (C=O) groups excluding carboxylic acids is 3. The van der Waals surface area contributed by atoms with E-state index in [4.69, 9.17) is 9.47 Å². The zero-order chi connectivity index (χ0) is 27.0. The molecule has 4 aliphatic rings. The van der Waals surface area contributed by atoms with Crippen LogP contribution in [0, 0.1) is 11.8 Å². The van der Waals surface area contributed by atoms with Crippen molar-refractivity contribution >= 4 is 33.7 Å². The summed E-state index contributed by atoms with van der Waals surface area (Å²) in [6, 6.07) is 7.56. The number of nitrogens with zero attached hydrogens (tertiary/aromatic N) is 2. The maximum Gasteiger partial charge on any atom is 0.312 e. The predicted molar refractivity (Wildman–Crippen MR) is 144 cm³/mol. The summed E-state index contributed by atoms with van der Waals surface area (Å²) in [7, 11) is 0. The Hall–Kier alpha value is -2.23. The smallest absolute Gasteiger partial charge is 0.312 e. The van der Waals surface area contributed by atoms with E-state index in [9.17, 15) is 19.5 Å². The van der Waals surface area contributed by atoms with Crippen LogP contribution in [0.4, 0.5) is 0 Å². The molecule has 3 saturated heterocycles. The first-order valence-electron chi connectivity index (χ1n) is 13.8. The Morgan fingerprint density at radius 2 is 2.00 bits per heavy atom. The van der Waals surface area contributed by atoms with Gasteiger partial charge in [-0.25, -0.2) is 0 Å². The molecule has 7 atom stereocenters. The summed E-state index contributed by atoms with van der Waals surface area (Å²) in [5, 5.41) is 10.6. The first-order valence-corrected chi connectivity index (χ1v) is 14.7. The van der Waals surface area contributed by atoms with E-state index < -0.39 is 41.6 Å². The second-order valence-corrected chi connectivity index (χ2v) is 12.0. The summed E-state index contributed by atoms with van der Waals surface area (Å²) >= 11 is 3.69. The number of amides is 2. The molecule has 1 aromatic carbocycles.